The maximum Gasteiger partial charge on any atom is 0.306 e. The molecule has 6 heteroatoms. The van der Waals surface area contributed by atoms with E-state index in [1.54, 1.807) is 0 Å². The summed E-state index contributed by atoms with van der Waals surface area (Å²) in [5.41, 5.74) is 0. The Kier molecular flexibility index (Phi) is 66.2. The molecule has 82 heavy (non-hydrogen) atoms. The zero-order valence-electron chi connectivity index (χ0n) is 54.0. The Hall–Kier alpha value is -3.93. The number of esters is 3. The molecule has 1 unspecified atom stereocenters. The quantitative estimate of drug-likeness (QED) is 0.0261. The second-order valence-electron chi connectivity index (χ2n) is 23.0. The normalized spacial score (nSPS) is 12.8. The fourth-order valence-corrected chi connectivity index (χ4v) is 9.88. The molecule has 0 aliphatic heterocycles. The van der Waals surface area contributed by atoms with Crippen molar-refractivity contribution in [3.8, 4) is 0 Å². The standard InChI is InChI=1S/C76H130O6/c1-4-7-10-13-16-19-22-25-27-29-31-33-35-37-38-40-41-43-45-47-49-51-54-57-60-63-66-69-75(78)81-72-73(71-80-74(77)68-65-62-59-56-53-24-21-18-15-12-9-6-3)82-76(79)70-67-64-61-58-55-52-50-48-46-44-42-39-36-34-32-30-28-26-23-20-17-14-11-8-5-2/h7-8,10-11,16-17,19-20,25-28,31-34,39,42,73H,4-6,9,12-15,18,21-24,29-30,35-38,40-41,43-72H2,1-3H3/b10-7-,11-8-,19-16-,20-17-,27-25-,28-26-,33-31-,34-32-,42-39-. The first-order valence-corrected chi connectivity index (χ1v) is 34.9. The van der Waals surface area contributed by atoms with E-state index in [1.807, 2.05) is 0 Å². The molecule has 0 aromatic carbocycles. The molecule has 470 valence electrons. The molecule has 0 saturated carbocycles. The molecule has 6 nitrogen and oxygen atoms in total. The highest BCUT2D eigenvalue weighted by molar-refractivity contribution is 5.71. The molecule has 0 N–H and O–H groups in total. The molecule has 0 bridgehead atoms. The van der Waals surface area contributed by atoms with E-state index >= 15 is 0 Å². The second-order valence-corrected chi connectivity index (χ2v) is 23.0. The Morgan fingerprint density at radius 3 is 0.744 bits per heavy atom. The van der Waals surface area contributed by atoms with Crippen LogP contribution in [0.4, 0.5) is 0 Å². The van der Waals surface area contributed by atoms with Crippen LogP contribution in [0.1, 0.15) is 335 Å². The molecule has 1 atom stereocenters. The van der Waals surface area contributed by atoms with Gasteiger partial charge in [0, 0.05) is 19.3 Å². The number of hydrogen-bond donors (Lipinski definition) is 0. The van der Waals surface area contributed by atoms with Crippen molar-refractivity contribution < 1.29 is 28.6 Å². The summed E-state index contributed by atoms with van der Waals surface area (Å²) in [6.45, 7) is 6.44. The van der Waals surface area contributed by atoms with Crippen molar-refractivity contribution in [2.45, 2.75) is 341 Å². The van der Waals surface area contributed by atoms with Crippen molar-refractivity contribution in [2.75, 3.05) is 13.2 Å². The van der Waals surface area contributed by atoms with E-state index in [9.17, 15) is 14.4 Å². The summed E-state index contributed by atoms with van der Waals surface area (Å²) in [6.07, 6.45) is 95.4. The van der Waals surface area contributed by atoms with Gasteiger partial charge in [0.25, 0.3) is 0 Å². The molecule has 0 amide bonds. The number of rotatable bonds is 63. The summed E-state index contributed by atoms with van der Waals surface area (Å²) in [6, 6.07) is 0. The maximum atomic E-state index is 13.0. The molecule has 0 aliphatic rings. The number of carbonyl (C=O) groups excluding carboxylic acids is 3. The van der Waals surface area contributed by atoms with E-state index in [2.05, 4.69) is 130 Å². The molecule has 0 heterocycles. The number of hydrogen-bond acceptors (Lipinski definition) is 6. The molecule has 0 aliphatic carbocycles. The monoisotopic (exact) mass is 1140 g/mol. The van der Waals surface area contributed by atoms with Gasteiger partial charge in [-0.15, -0.1) is 0 Å². The first-order valence-electron chi connectivity index (χ1n) is 34.9. The Balaban J connectivity index is 4.27. The van der Waals surface area contributed by atoms with Gasteiger partial charge in [-0.2, -0.15) is 0 Å². The second kappa shape index (κ2) is 69.6. The third-order valence-electron chi connectivity index (χ3n) is 15.0. The van der Waals surface area contributed by atoms with Crippen molar-refractivity contribution in [2.24, 2.45) is 0 Å². The fraction of sp³-hybridized carbons (Fsp3) is 0.724. The first-order chi connectivity index (χ1) is 40.5. The maximum absolute atomic E-state index is 13.0. The van der Waals surface area contributed by atoms with Gasteiger partial charge in [-0.25, -0.2) is 0 Å². The first kappa shape index (κ1) is 78.1. The van der Waals surface area contributed by atoms with Crippen LogP contribution < -0.4 is 0 Å². The van der Waals surface area contributed by atoms with Gasteiger partial charge < -0.3 is 14.2 Å². The summed E-state index contributed by atoms with van der Waals surface area (Å²) in [5, 5.41) is 0. The van der Waals surface area contributed by atoms with Crippen LogP contribution in [0.5, 0.6) is 0 Å². The number of allylic oxidation sites excluding steroid dienone is 18. The van der Waals surface area contributed by atoms with Gasteiger partial charge >= 0.3 is 17.9 Å². The fourth-order valence-electron chi connectivity index (χ4n) is 9.88. The molecule has 0 spiro atoms. The van der Waals surface area contributed by atoms with E-state index in [0.717, 1.165) is 122 Å². The van der Waals surface area contributed by atoms with Crippen LogP contribution in [-0.4, -0.2) is 37.2 Å². The number of ether oxygens (including phenoxy) is 3. The van der Waals surface area contributed by atoms with Gasteiger partial charge in [-0.3, -0.25) is 14.4 Å². The third-order valence-corrected chi connectivity index (χ3v) is 15.0. The van der Waals surface area contributed by atoms with Gasteiger partial charge in [0.2, 0.25) is 0 Å². The Bertz CT molecular complexity index is 1640. The highest BCUT2D eigenvalue weighted by Crippen LogP contribution is 2.17. The summed E-state index contributed by atoms with van der Waals surface area (Å²) in [4.78, 5) is 38.4. The van der Waals surface area contributed by atoms with E-state index in [4.69, 9.17) is 14.2 Å². The van der Waals surface area contributed by atoms with Crippen molar-refractivity contribution in [3.63, 3.8) is 0 Å². The highest BCUT2D eigenvalue weighted by Gasteiger charge is 2.19. The smallest absolute Gasteiger partial charge is 0.306 e. The molecule has 0 fully saturated rings. The average Bonchev–Trinajstić information content (AvgIpc) is 3.47. The topological polar surface area (TPSA) is 78.9 Å². The molecule has 0 radical (unpaired) electrons. The minimum absolute atomic E-state index is 0.0772. The van der Waals surface area contributed by atoms with E-state index in [0.29, 0.717) is 19.3 Å². The summed E-state index contributed by atoms with van der Waals surface area (Å²) < 4.78 is 17.0. The molecule has 0 saturated heterocycles. The van der Waals surface area contributed by atoms with E-state index < -0.39 is 6.10 Å². The van der Waals surface area contributed by atoms with E-state index in [-0.39, 0.29) is 31.1 Å². The van der Waals surface area contributed by atoms with Gasteiger partial charge in [-0.1, -0.05) is 323 Å². The van der Waals surface area contributed by atoms with Crippen LogP contribution >= 0.6 is 0 Å². The largest absolute Gasteiger partial charge is 0.462 e. The zero-order chi connectivity index (χ0) is 59.2. The van der Waals surface area contributed by atoms with Crippen LogP contribution in [-0.2, 0) is 28.6 Å². The third kappa shape index (κ3) is 66.9. The lowest BCUT2D eigenvalue weighted by Crippen LogP contribution is -2.30. The van der Waals surface area contributed by atoms with Crippen LogP contribution in [0.25, 0.3) is 0 Å². The SMILES string of the molecule is CC/C=C\C/C=C\C/C=C\C/C=C\C/C=C\CCCCCCCCCCCC(=O)OC(COC(=O)CCCCCCCCCCCCCC)COC(=O)CCCCCCCCCCCCCCCC/C=C\C/C=C\C/C=C\C/C=C\CC. The Morgan fingerprint density at radius 1 is 0.256 bits per heavy atom. The number of unbranched alkanes of at least 4 members (excludes halogenated alkanes) is 34. The van der Waals surface area contributed by atoms with Crippen LogP contribution in [0, 0.1) is 0 Å². The minimum atomic E-state index is -0.782. The zero-order valence-corrected chi connectivity index (χ0v) is 54.0. The molecule has 0 aromatic heterocycles. The lowest BCUT2D eigenvalue weighted by Gasteiger charge is -2.18. The lowest BCUT2D eigenvalue weighted by atomic mass is 10.0. The molecular weight excluding hydrogens is 1010 g/mol. The summed E-state index contributed by atoms with van der Waals surface area (Å²) in [5.74, 6) is -0.870. The molecule has 0 aromatic rings. The van der Waals surface area contributed by atoms with Gasteiger partial charge in [-0.05, 0) is 103 Å². The summed E-state index contributed by atoms with van der Waals surface area (Å²) in [7, 11) is 0. The average molecular weight is 1140 g/mol. The van der Waals surface area contributed by atoms with Gasteiger partial charge in [0.1, 0.15) is 13.2 Å². The van der Waals surface area contributed by atoms with Crippen LogP contribution in [0.3, 0.4) is 0 Å². The van der Waals surface area contributed by atoms with E-state index in [1.165, 1.54) is 173 Å². The van der Waals surface area contributed by atoms with Crippen molar-refractivity contribution in [3.05, 3.63) is 109 Å². The number of carbonyl (C=O) groups is 3. The molecule has 0 rings (SSSR count). The lowest BCUT2D eigenvalue weighted by molar-refractivity contribution is -0.167. The van der Waals surface area contributed by atoms with Gasteiger partial charge in [0.05, 0.1) is 0 Å². The summed E-state index contributed by atoms with van der Waals surface area (Å²) >= 11 is 0. The van der Waals surface area contributed by atoms with Crippen molar-refractivity contribution in [1.29, 1.82) is 0 Å². The Morgan fingerprint density at radius 2 is 0.476 bits per heavy atom. The predicted octanol–water partition coefficient (Wildman–Crippen LogP) is 24.2. The predicted molar refractivity (Wildman–Crippen MR) is 357 cm³/mol. The van der Waals surface area contributed by atoms with Crippen molar-refractivity contribution >= 4 is 17.9 Å². The Labute approximate surface area is 508 Å². The van der Waals surface area contributed by atoms with Crippen molar-refractivity contribution in [1.82, 2.24) is 0 Å². The van der Waals surface area contributed by atoms with Crippen LogP contribution in [0.15, 0.2) is 109 Å². The van der Waals surface area contributed by atoms with Gasteiger partial charge in [0.15, 0.2) is 6.10 Å². The highest BCUT2D eigenvalue weighted by atomic mass is 16.6. The molecular formula is C76H130O6. The minimum Gasteiger partial charge on any atom is -0.462 e. The van der Waals surface area contributed by atoms with Crippen LogP contribution in [0.2, 0.25) is 0 Å².